The monoisotopic (exact) mass is 373 g/mol. The van der Waals surface area contributed by atoms with E-state index in [1.807, 2.05) is 19.1 Å². The average Bonchev–Trinajstić information content (AvgIpc) is 2.29. The Balaban J connectivity index is 2.30. The molecule has 0 aliphatic heterocycles. The predicted octanol–water partition coefficient (Wildman–Crippen LogP) is 3.40. The summed E-state index contributed by atoms with van der Waals surface area (Å²) in [6.45, 7) is 1.92. The number of rotatable bonds is 3. The Morgan fingerprint density at radius 3 is 2.33 bits per heavy atom. The average molecular weight is 373 g/mol. The fraction of sp³-hybridized carbons (Fsp3) is 0.0769. The summed E-state index contributed by atoms with van der Waals surface area (Å²) in [5, 5.41) is 0. The van der Waals surface area contributed by atoms with Gasteiger partial charge in [-0.15, -0.1) is 0 Å². The van der Waals surface area contributed by atoms with Crippen molar-refractivity contribution >= 4 is 38.3 Å². The van der Waals surface area contributed by atoms with E-state index in [0.717, 1.165) is 9.13 Å². The molecule has 2 rings (SSSR count). The van der Waals surface area contributed by atoms with Crippen LogP contribution in [0.3, 0.4) is 0 Å². The third-order valence-electron chi connectivity index (χ3n) is 2.41. The smallest absolute Gasteiger partial charge is 0.261 e. The molecule has 0 atom stereocenters. The van der Waals surface area contributed by atoms with Crippen LogP contribution in [0.15, 0.2) is 53.4 Å². The SMILES string of the molecule is Cc1ccc(S(=O)(=O)Nc2cccc(I)c2)cc1. The minimum Gasteiger partial charge on any atom is -0.280 e. The number of nitrogens with one attached hydrogen (secondary N) is 1. The second-order valence-corrected chi connectivity index (χ2v) is 6.86. The normalized spacial score (nSPS) is 11.2. The van der Waals surface area contributed by atoms with Gasteiger partial charge in [0, 0.05) is 9.26 Å². The van der Waals surface area contributed by atoms with Crippen LogP contribution >= 0.6 is 22.6 Å². The summed E-state index contributed by atoms with van der Waals surface area (Å²) in [6.07, 6.45) is 0. The number of hydrogen-bond donors (Lipinski definition) is 1. The highest BCUT2D eigenvalue weighted by molar-refractivity contribution is 14.1. The minimum absolute atomic E-state index is 0.270. The molecule has 3 nitrogen and oxygen atoms in total. The van der Waals surface area contributed by atoms with Gasteiger partial charge in [0.15, 0.2) is 0 Å². The molecule has 0 aliphatic carbocycles. The fourth-order valence-electron chi connectivity index (χ4n) is 1.48. The molecule has 0 saturated carbocycles. The molecule has 0 saturated heterocycles. The summed E-state index contributed by atoms with van der Waals surface area (Å²) >= 11 is 2.14. The van der Waals surface area contributed by atoms with E-state index in [4.69, 9.17) is 0 Å². The predicted molar refractivity (Wildman–Crippen MR) is 81.1 cm³/mol. The zero-order valence-corrected chi connectivity index (χ0v) is 12.7. The lowest BCUT2D eigenvalue weighted by Gasteiger charge is -2.08. The highest BCUT2D eigenvalue weighted by Gasteiger charge is 2.13. The molecule has 2 aromatic carbocycles. The van der Waals surface area contributed by atoms with E-state index < -0.39 is 10.0 Å². The molecule has 0 aromatic heterocycles. The van der Waals surface area contributed by atoms with E-state index in [1.54, 1.807) is 36.4 Å². The lowest BCUT2D eigenvalue weighted by molar-refractivity contribution is 0.601. The van der Waals surface area contributed by atoms with Gasteiger partial charge in [-0.25, -0.2) is 8.42 Å². The minimum atomic E-state index is -3.50. The van der Waals surface area contributed by atoms with Gasteiger partial charge in [0.05, 0.1) is 4.90 Å². The van der Waals surface area contributed by atoms with Crippen LogP contribution in [0.2, 0.25) is 0 Å². The van der Waals surface area contributed by atoms with Crippen molar-refractivity contribution in [1.29, 1.82) is 0 Å². The molecule has 0 heterocycles. The Labute approximate surface area is 120 Å². The number of halogens is 1. The van der Waals surface area contributed by atoms with Crippen LogP contribution in [0.25, 0.3) is 0 Å². The van der Waals surface area contributed by atoms with Crippen molar-refractivity contribution in [3.8, 4) is 0 Å². The number of benzene rings is 2. The maximum absolute atomic E-state index is 12.1. The Bertz CT molecular complexity index is 651. The zero-order chi connectivity index (χ0) is 13.2. The van der Waals surface area contributed by atoms with Crippen LogP contribution in [-0.2, 0) is 10.0 Å². The topological polar surface area (TPSA) is 46.2 Å². The van der Waals surface area contributed by atoms with Gasteiger partial charge >= 0.3 is 0 Å². The van der Waals surface area contributed by atoms with Crippen LogP contribution in [0, 0.1) is 10.5 Å². The van der Waals surface area contributed by atoms with Crippen molar-refractivity contribution in [2.24, 2.45) is 0 Å². The van der Waals surface area contributed by atoms with E-state index in [2.05, 4.69) is 27.3 Å². The first kappa shape index (κ1) is 13.4. The van der Waals surface area contributed by atoms with Gasteiger partial charge in [-0.05, 0) is 59.8 Å². The van der Waals surface area contributed by atoms with E-state index >= 15 is 0 Å². The van der Waals surface area contributed by atoms with Gasteiger partial charge in [0.1, 0.15) is 0 Å². The van der Waals surface area contributed by atoms with Gasteiger partial charge in [0.25, 0.3) is 10.0 Å². The molecule has 5 heteroatoms. The summed E-state index contributed by atoms with van der Waals surface area (Å²) in [4.78, 5) is 0.270. The summed E-state index contributed by atoms with van der Waals surface area (Å²) < 4.78 is 27.8. The van der Waals surface area contributed by atoms with Crippen LogP contribution in [-0.4, -0.2) is 8.42 Å². The van der Waals surface area contributed by atoms with Crippen LogP contribution < -0.4 is 4.72 Å². The second-order valence-electron chi connectivity index (χ2n) is 3.93. The molecular formula is C13H12INO2S. The van der Waals surface area contributed by atoms with Crippen molar-refractivity contribution < 1.29 is 8.42 Å². The Kier molecular flexibility index (Phi) is 3.91. The summed E-state index contributed by atoms with van der Waals surface area (Å²) in [5.41, 5.74) is 1.60. The summed E-state index contributed by atoms with van der Waals surface area (Å²) in [6, 6.07) is 14.0. The van der Waals surface area contributed by atoms with Gasteiger partial charge in [-0.3, -0.25) is 4.72 Å². The standard InChI is InChI=1S/C13H12INO2S/c1-10-5-7-13(8-6-10)18(16,17)15-12-4-2-3-11(14)9-12/h2-9,15H,1H3. The first-order valence-electron chi connectivity index (χ1n) is 5.32. The van der Waals surface area contributed by atoms with Gasteiger partial charge in [-0.1, -0.05) is 23.8 Å². The third-order valence-corrected chi connectivity index (χ3v) is 4.48. The lowest BCUT2D eigenvalue weighted by atomic mass is 10.2. The first-order valence-corrected chi connectivity index (χ1v) is 7.89. The van der Waals surface area contributed by atoms with Gasteiger partial charge in [0.2, 0.25) is 0 Å². The lowest BCUT2D eigenvalue weighted by Crippen LogP contribution is -2.12. The molecule has 1 N–H and O–H groups in total. The Morgan fingerprint density at radius 1 is 1.06 bits per heavy atom. The van der Waals surface area contributed by atoms with Crippen molar-refractivity contribution in [3.63, 3.8) is 0 Å². The Morgan fingerprint density at radius 2 is 1.72 bits per heavy atom. The highest BCUT2D eigenvalue weighted by atomic mass is 127. The first-order chi connectivity index (χ1) is 8.47. The maximum atomic E-state index is 12.1. The molecule has 0 unspecified atom stereocenters. The molecule has 0 fully saturated rings. The van der Waals surface area contributed by atoms with Gasteiger partial charge in [-0.2, -0.15) is 0 Å². The summed E-state index contributed by atoms with van der Waals surface area (Å²) in [5.74, 6) is 0. The molecule has 0 radical (unpaired) electrons. The van der Waals surface area contributed by atoms with E-state index in [9.17, 15) is 8.42 Å². The maximum Gasteiger partial charge on any atom is 0.261 e. The highest BCUT2D eigenvalue weighted by Crippen LogP contribution is 2.18. The molecule has 0 bridgehead atoms. The van der Waals surface area contributed by atoms with Crippen LogP contribution in [0.5, 0.6) is 0 Å². The molecular weight excluding hydrogens is 361 g/mol. The van der Waals surface area contributed by atoms with Crippen molar-refractivity contribution in [3.05, 3.63) is 57.7 Å². The number of anilines is 1. The molecule has 2 aromatic rings. The fourth-order valence-corrected chi connectivity index (χ4v) is 3.08. The number of sulfonamides is 1. The molecule has 18 heavy (non-hydrogen) atoms. The van der Waals surface area contributed by atoms with E-state index in [-0.39, 0.29) is 4.90 Å². The molecule has 0 amide bonds. The largest absolute Gasteiger partial charge is 0.280 e. The van der Waals surface area contributed by atoms with Crippen molar-refractivity contribution in [2.45, 2.75) is 11.8 Å². The van der Waals surface area contributed by atoms with Crippen molar-refractivity contribution in [2.75, 3.05) is 4.72 Å². The van der Waals surface area contributed by atoms with E-state index in [1.165, 1.54) is 0 Å². The van der Waals surface area contributed by atoms with Crippen molar-refractivity contribution in [1.82, 2.24) is 0 Å². The summed E-state index contributed by atoms with van der Waals surface area (Å²) in [7, 11) is -3.50. The third kappa shape index (κ3) is 3.23. The second kappa shape index (κ2) is 5.27. The molecule has 94 valence electrons. The quantitative estimate of drug-likeness (QED) is 0.839. The molecule has 0 spiro atoms. The number of aryl methyl sites for hydroxylation is 1. The zero-order valence-electron chi connectivity index (χ0n) is 9.72. The Hall–Kier alpha value is -1.08. The van der Waals surface area contributed by atoms with Crippen LogP contribution in [0.4, 0.5) is 5.69 Å². The van der Waals surface area contributed by atoms with Crippen LogP contribution in [0.1, 0.15) is 5.56 Å². The molecule has 0 aliphatic rings. The van der Waals surface area contributed by atoms with Gasteiger partial charge < -0.3 is 0 Å². The van der Waals surface area contributed by atoms with E-state index in [0.29, 0.717) is 5.69 Å². The number of hydrogen-bond acceptors (Lipinski definition) is 2.